The van der Waals surface area contributed by atoms with Crippen LogP contribution in [0.3, 0.4) is 0 Å². The number of aldehydes is 1. The molecule has 0 radical (unpaired) electrons. The third kappa shape index (κ3) is 2.85. The van der Waals surface area contributed by atoms with Gasteiger partial charge in [-0.1, -0.05) is 28.1 Å². The van der Waals surface area contributed by atoms with E-state index in [9.17, 15) is 31.1 Å². The van der Waals surface area contributed by atoms with Crippen LogP contribution in [0.1, 0.15) is 27.0 Å². The predicted octanol–water partition coefficient (Wildman–Crippen LogP) is 4.43. The number of rotatable bonds is 2. The van der Waals surface area contributed by atoms with E-state index >= 15 is 0 Å². The van der Waals surface area contributed by atoms with Crippen LogP contribution in [-0.2, 0) is 17.7 Å². The third-order valence-corrected chi connectivity index (χ3v) is 2.77. The van der Waals surface area contributed by atoms with Crippen LogP contribution < -0.4 is 0 Å². The van der Waals surface area contributed by atoms with Gasteiger partial charge in [0.05, 0.1) is 11.1 Å². The van der Waals surface area contributed by atoms with E-state index in [4.69, 9.17) is 0 Å². The second kappa shape index (κ2) is 4.91. The zero-order valence-electron chi connectivity index (χ0n) is 8.49. The summed E-state index contributed by atoms with van der Waals surface area (Å²) in [5.41, 5.74) is -5.36. The van der Waals surface area contributed by atoms with Gasteiger partial charge in [0.15, 0.2) is 6.29 Å². The van der Waals surface area contributed by atoms with Crippen LogP contribution in [0.4, 0.5) is 26.3 Å². The molecule has 8 heteroatoms. The van der Waals surface area contributed by atoms with Crippen molar-refractivity contribution in [1.29, 1.82) is 0 Å². The smallest absolute Gasteiger partial charge is 0.298 e. The minimum Gasteiger partial charge on any atom is -0.298 e. The Labute approximate surface area is 106 Å². The minimum absolute atomic E-state index is 0.240. The van der Waals surface area contributed by atoms with Crippen LogP contribution >= 0.6 is 15.9 Å². The SMILES string of the molecule is O=Cc1ccc(CBr)c(C(F)(F)F)c1C(F)(F)F. The topological polar surface area (TPSA) is 17.1 Å². The van der Waals surface area contributed by atoms with E-state index in [-0.39, 0.29) is 6.29 Å². The lowest BCUT2D eigenvalue weighted by atomic mass is 9.96. The van der Waals surface area contributed by atoms with Crippen molar-refractivity contribution < 1.29 is 31.1 Å². The molecular formula is C10H5BrF6O. The molecule has 0 spiro atoms. The quantitative estimate of drug-likeness (QED) is 0.444. The average Bonchev–Trinajstić information content (AvgIpc) is 2.24. The van der Waals surface area contributed by atoms with E-state index in [1.165, 1.54) is 0 Å². The molecule has 1 aromatic rings. The van der Waals surface area contributed by atoms with Crippen molar-refractivity contribution in [3.05, 3.63) is 34.4 Å². The fraction of sp³-hybridized carbons (Fsp3) is 0.300. The molecule has 0 amide bonds. The number of halogens is 7. The number of alkyl halides is 7. The van der Waals surface area contributed by atoms with E-state index in [0.717, 1.165) is 12.1 Å². The molecule has 0 aliphatic heterocycles. The van der Waals surface area contributed by atoms with Crippen LogP contribution in [0.5, 0.6) is 0 Å². The van der Waals surface area contributed by atoms with Crippen molar-refractivity contribution in [2.45, 2.75) is 17.7 Å². The zero-order valence-corrected chi connectivity index (χ0v) is 10.1. The van der Waals surface area contributed by atoms with E-state index in [2.05, 4.69) is 15.9 Å². The highest BCUT2D eigenvalue weighted by Crippen LogP contribution is 2.43. The highest BCUT2D eigenvalue weighted by Gasteiger charge is 2.46. The van der Waals surface area contributed by atoms with Crippen molar-refractivity contribution in [3.63, 3.8) is 0 Å². The van der Waals surface area contributed by atoms with Crippen LogP contribution in [0.25, 0.3) is 0 Å². The maximum Gasteiger partial charge on any atom is 0.417 e. The molecule has 0 bridgehead atoms. The number of hydrogen-bond donors (Lipinski definition) is 0. The van der Waals surface area contributed by atoms with Gasteiger partial charge in [-0.05, 0) is 5.56 Å². The van der Waals surface area contributed by atoms with Crippen LogP contribution in [-0.4, -0.2) is 6.29 Å². The fourth-order valence-corrected chi connectivity index (χ4v) is 1.97. The Balaban J connectivity index is 3.76. The summed E-state index contributed by atoms with van der Waals surface area (Å²) in [5.74, 6) is 0. The summed E-state index contributed by atoms with van der Waals surface area (Å²) in [6, 6.07) is 1.57. The van der Waals surface area contributed by atoms with Gasteiger partial charge < -0.3 is 0 Å². The van der Waals surface area contributed by atoms with Crippen molar-refractivity contribution in [2.24, 2.45) is 0 Å². The normalized spacial score (nSPS) is 12.6. The molecule has 1 nitrogen and oxygen atoms in total. The lowest BCUT2D eigenvalue weighted by Crippen LogP contribution is -2.21. The van der Waals surface area contributed by atoms with Gasteiger partial charge in [-0.3, -0.25) is 4.79 Å². The molecule has 0 atom stereocenters. The molecule has 100 valence electrons. The van der Waals surface area contributed by atoms with Gasteiger partial charge in [0.1, 0.15) is 0 Å². The first-order valence-corrected chi connectivity index (χ1v) is 5.56. The summed E-state index contributed by atoms with van der Waals surface area (Å²) in [6.07, 6.45) is -10.7. The summed E-state index contributed by atoms with van der Waals surface area (Å²) in [4.78, 5) is 10.5. The van der Waals surface area contributed by atoms with Crippen LogP contribution in [0, 0.1) is 0 Å². The summed E-state index contributed by atoms with van der Waals surface area (Å²) in [6.45, 7) is 0. The molecule has 0 saturated heterocycles. The number of carbonyl (C=O) groups is 1. The van der Waals surface area contributed by atoms with E-state index in [1.807, 2.05) is 0 Å². The second-order valence-corrected chi connectivity index (χ2v) is 3.87. The van der Waals surface area contributed by atoms with Gasteiger partial charge in [0, 0.05) is 10.9 Å². The molecule has 0 aliphatic carbocycles. The van der Waals surface area contributed by atoms with Crippen LogP contribution in [0.15, 0.2) is 12.1 Å². The van der Waals surface area contributed by atoms with Gasteiger partial charge in [0.25, 0.3) is 0 Å². The Morgan fingerprint density at radius 3 is 1.83 bits per heavy atom. The summed E-state index contributed by atoms with van der Waals surface area (Å²) < 4.78 is 76.1. The van der Waals surface area contributed by atoms with E-state index in [1.54, 1.807) is 0 Å². The van der Waals surface area contributed by atoms with Gasteiger partial charge in [-0.25, -0.2) is 0 Å². The largest absolute Gasteiger partial charge is 0.417 e. The first-order chi connectivity index (χ1) is 8.12. The fourth-order valence-electron chi connectivity index (χ4n) is 1.50. The molecule has 0 fully saturated rings. The molecule has 0 heterocycles. The molecule has 0 aromatic heterocycles. The van der Waals surface area contributed by atoms with Crippen molar-refractivity contribution in [3.8, 4) is 0 Å². The summed E-state index contributed by atoms with van der Waals surface area (Å²) in [7, 11) is 0. The highest BCUT2D eigenvalue weighted by atomic mass is 79.9. The van der Waals surface area contributed by atoms with Gasteiger partial charge in [-0.2, -0.15) is 26.3 Å². The minimum atomic E-state index is -5.25. The number of carbonyl (C=O) groups excluding carboxylic acids is 1. The maximum absolute atomic E-state index is 12.7. The Bertz CT molecular complexity index is 463. The second-order valence-electron chi connectivity index (χ2n) is 3.31. The molecule has 1 aromatic carbocycles. The standard InChI is InChI=1S/C10H5BrF6O/c11-3-5-1-2-6(4-18)8(10(15,16)17)7(5)9(12,13)14/h1-2,4H,3H2. The monoisotopic (exact) mass is 334 g/mol. The van der Waals surface area contributed by atoms with Crippen molar-refractivity contribution >= 4 is 22.2 Å². The number of benzene rings is 1. The van der Waals surface area contributed by atoms with E-state index < -0.39 is 39.9 Å². The molecule has 0 N–H and O–H groups in total. The molecule has 0 unspecified atom stereocenters. The first kappa shape index (κ1) is 15.0. The zero-order chi connectivity index (χ0) is 14.1. The lowest BCUT2D eigenvalue weighted by Gasteiger charge is -2.19. The van der Waals surface area contributed by atoms with Gasteiger partial charge in [-0.15, -0.1) is 0 Å². The summed E-state index contributed by atoms with van der Waals surface area (Å²) >= 11 is 2.69. The van der Waals surface area contributed by atoms with E-state index in [0.29, 0.717) is 0 Å². The highest BCUT2D eigenvalue weighted by molar-refractivity contribution is 9.08. The predicted molar refractivity (Wildman–Crippen MR) is 54.5 cm³/mol. The van der Waals surface area contributed by atoms with Crippen LogP contribution in [0.2, 0.25) is 0 Å². The molecule has 18 heavy (non-hydrogen) atoms. The Morgan fingerprint density at radius 2 is 1.50 bits per heavy atom. The lowest BCUT2D eigenvalue weighted by molar-refractivity contribution is -0.162. The molecular weight excluding hydrogens is 330 g/mol. The van der Waals surface area contributed by atoms with Gasteiger partial charge >= 0.3 is 12.4 Å². The average molecular weight is 335 g/mol. The Morgan fingerprint density at radius 1 is 1.00 bits per heavy atom. The first-order valence-electron chi connectivity index (χ1n) is 4.44. The number of hydrogen-bond acceptors (Lipinski definition) is 1. The summed E-state index contributed by atoms with van der Waals surface area (Å²) in [5, 5.41) is -0.399. The molecule has 0 aliphatic rings. The molecule has 1 rings (SSSR count). The Hall–Kier alpha value is -1.05. The van der Waals surface area contributed by atoms with Crippen molar-refractivity contribution in [1.82, 2.24) is 0 Å². The Kier molecular flexibility index (Phi) is 4.09. The van der Waals surface area contributed by atoms with Gasteiger partial charge in [0.2, 0.25) is 0 Å². The van der Waals surface area contributed by atoms with Crippen molar-refractivity contribution in [2.75, 3.05) is 0 Å². The maximum atomic E-state index is 12.7. The molecule has 0 saturated carbocycles. The third-order valence-electron chi connectivity index (χ3n) is 2.16.